The molecule has 82 heavy (non-hydrogen) atoms. The van der Waals surface area contributed by atoms with Gasteiger partial charge in [0.05, 0.1) is 0 Å². The van der Waals surface area contributed by atoms with Crippen LogP contribution in [0, 0.1) is 0 Å². The Labute approximate surface area is 579 Å². The van der Waals surface area contributed by atoms with Gasteiger partial charge in [-0.15, -0.1) is 0 Å². The first kappa shape index (κ1) is 93.8. The molecule has 480 valence electrons. The predicted octanol–water partition coefficient (Wildman–Crippen LogP) is 19.2. The van der Waals surface area contributed by atoms with E-state index in [-0.39, 0.29) is 109 Å². The van der Waals surface area contributed by atoms with Crippen LogP contribution in [-0.4, -0.2) is 107 Å². The van der Waals surface area contributed by atoms with E-state index in [1.807, 2.05) is 0 Å². The molecule has 0 fully saturated rings. The van der Waals surface area contributed by atoms with Gasteiger partial charge in [0.25, 0.3) is 0 Å². The Bertz CT molecular complexity index is 998. The third-order valence-corrected chi connectivity index (χ3v) is 15.9. The fourth-order valence-corrected chi connectivity index (χ4v) is 10.6. The van der Waals surface area contributed by atoms with Crippen molar-refractivity contribution in [1.29, 1.82) is 0 Å². The summed E-state index contributed by atoms with van der Waals surface area (Å²) in [7, 11) is 0. The molecule has 0 aliphatic carbocycles. The van der Waals surface area contributed by atoms with Crippen molar-refractivity contribution in [2.24, 2.45) is 0 Å². The molecule has 0 bridgehead atoms. The number of hydrogen-bond donors (Lipinski definition) is 0. The molecule has 0 atom stereocenters. The molecule has 0 radical (unpaired) electrons. The van der Waals surface area contributed by atoms with Gasteiger partial charge < -0.3 is 39.6 Å². The van der Waals surface area contributed by atoms with Crippen molar-refractivity contribution in [3.05, 3.63) is 0 Å². The molecule has 0 saturated carbocycles. The van der Waals surface area contributed by atoms with Crippen LogP contribution in [0.4, 0.5) is 0 Å². The summed E-state index contributed by atoms with van der Waals surface area (Å²) in [6.45, 7) is 9.07. The Morgan fingerprint density at radius 3 is 0.317 bits per heavy atom. The molecule has 0 aliphatic rings. The first-order valence-electron chi connectivity index (χ1n) is 35.9. The van der Waals surface area contributed by atoms with Gasteiger partial charge in [-0.25, -0.2) is 0 Å². The Morgan fingerprint density at radius 2 is 0.244 bits per heavy atom. The molecule has 10 heteroatoms. The second kappa shape index (κ2) is 90.4. The molecule has 0 amide bonds. The molecule has 0 aliphatic heterocycles. The first-order valence-corrected chi connectivity index (χ1v) is 35.9. The third kappa shape index (κ3) is 109. The Kier molecular flexibility index (Phi) is 103. The Hall–Kier alpha value is 0.620. The topological polar surface area (TPSA) is 161 Å². The largest absolute Gasteiger partial charge is 2.00 e. The summed E-state index contributed by atoms with van der Waals surface area (Å²) < 4.78 is 0. The maximum absolute atomic E-state index is 10.2. The fraction of sp³-hybridized carbons (Fsp3) is 0.944. The van der Waals surface area contributed by atoms with Gasteiger partial charge in [0.15, 0.2) is 0 Å². The molecule has 0 aromatic heterocycles. The number of carboxylic acids is 4. The van der Waals surface area contributed by atoms with Gasteiger partial charge in [-0.05, 0) is 51.4 Å². The molecule has 0 unspecified atom stereocenters. The van der Waals surface area contributed by atoms with Gasteiger partial charge in [0, 0.05) is 23.9 Å². The average Bonchev–Trinajstić information content (AvgIpc) is 3.43. The molecule has 0 rings (SSSR count). The standard InChI is InChI=1S/4C18H36O2.Ca.Sr/c4*1-2-3-4-5-6-7-8-9-10-11-12-13-14-15-16-17-18(19)20;;/h4*2-17H2,1H3,(H,19,20);;/q;;;;2*+2/p-4. The van der Waals surface area contributed by atoms with Gasteiger partial charge in [-0.3, -0.25) is 0 Å². The fourth-order valence-electron chi connectivity index (χ4n) is 10.6. The molecule has 0 heterocycles. The van der Waals surface area contributed by atoms with Crippen LogP contribution >= 0.6 is 0 Å². The van der Waals surface area contributed by atoms with Gasteiger partial charge in [0.1, 0.15) is 0 Å². The van der Waals surface area contributed by atoms with E-state index in [1.54, 1.807) is 0 Å². The SMILES string of the molecule is CCCCCCCCCCCCCCCCCC(=O)[O-].CCCCCCCCCCCCCCCCCC(=O)[O-].CCCCCCCCCCCCCCCCCC(=O)[O-].CCCCCCCCCCCCCCCCCC(=O)[O-].[Ca+2].[Sr+2]. The number of aliphatic carboxylic acids is 4. The zero-order chi connectivity index (χ0) is 59.6. The summed E-state index contributed by atoms with van der Waals surface area (Å²) in [4.78, 5) is 40.9. The zero-order valence-electron chi connectivity index (χ0n) is 55.9. The number of unbranched alkanes of at least 4 members (excludes halogenated alkanes) is 56. The van der Waals surface area contributed by atoms with Crippen molar-refractivity contribution in [1.82, 2.24) is 0 Å². The van der Waals surface area contributed by atoms with Gasteiger partial charge in [0.2, 0.25) is 0 Å². The average molecular weight is 1260 g/mol. The van der Waals surface area contributed by atoms with Crippen LogP contribution in [0.3, 0.4) is 0 Å². The minimum Gasteiger partial charge on any atom is -0.550 e. The van der Waals surface area contributed by atoms with Crippen LogP contribution in [0.15, 0.2) is 0 Å². The number of carbonyl (C=O) groups is 4. The van der Waals surface area contributed by atoms with Crippen LogP contribution in [-0.2, 0) is 19.2 Å². The summed E-state index contributed by atoms with van der Waals surface area (Å²) in [6, 6.07) is 0. The van der Waals surface area contributed by atoms with E-state index in [0.717, 1.165) is 51.4 Å². The zero-order valence-corrected chi connectivity index (χ0v) is 61.6. The van der Waals surface area contributed by atoms with Crippen molar-refractivity contribution in [2.45, 2.75) is 439 Å². The summed E-state index contributed by atoms with van der Waals surface area (Å²) in [5.41, 5.74) is 0. The molecule has 0 aromatic carbocycles. The maximum Gasteiger partial charge on any atom is 2.00 e. The molecule has 0 aromatic rings. The van der Waals surface area contributed by atoms with Crippen molar-refractivity contribution in [3.63, 3.8) is 0 Å². The van der Waals surface area contributed by atoms with Crippen molar-refractivity contribution < 1.29 is 39.6 Å². The van der Waals surface area contributed by atoms with Crippen molar-refractivity contribution in [2.75, 3.05) is 0 Å². The van der Waals surface area contributed by atoms with Crippen LogP contribution in [0.2, 0.25) is 0 Å². The molecule has 0 N–H and O–H groups in total. The van der Waals surface area contributed by atoms with E-state index >= 15 is 0 Å². The minimum absolute atomic E-state index is 0. The Balaban J connectivity index is -0.000000233. The van der Waals surface area contributed by atoms with Gasteiger partial charge >= 0.3 is 83.2 Å². The number of hydrogen-bond acceptors (Lipinski definition) is 8. The van der Waals surface area contributed by atoms with Crippen molar-refractivity contribution in [3.8, 4) is 0 Å². The number of carbonyl (C=O) groups excluding carboxylic acids is 4. The van der Waals surface area contributed by atoms with Crippen LogP contribution in [0.25, 0.3) is 0 Å². The van der Waals surface area contributed by atoms with Crippen LogP contribution in [0.5, 0.6) is 0 Å². The summed E-state index contributed by atoms with van der Waals surface area (Å²) in [6.07, 6.45) is 79.4. The molecule has 0 spiro atoms. The van der Waals surface area contributed by atoms with E-state index in [1.165, 1.54) is 334 Å². The molecular weight excluding hydrogens is 1120 g/mol. The molecular formula is C72H140CaO8Sr. The monoisotopic (exact) mass is 1260 g/mol. The first-order chi connectivity index (χ1) is 39.1. The Morgan fingerprint density at radius 1 is 0.171 bits per heavy atom. The van der Waals surface area contributed by atoms with Gasteiger partial charge in [-0.1, -0.05) is 387 Å². The van der Waals surface area contributed by atoms with E-state index in [4.69, 9.17) is 0 Å². The number of rotatable bonds is 64. The van der Waals surface area contributed by atoms with Gasteiger partial charge in [-0.2, -0.15) is 0 Å². The molecule has 8 nitrogen and oxygen atoms in total. The summed E-state index contributed by atoms with van der Waals surface area (Å²) in [5, 5.41) is 40.9. The summed E-state index contributed by atoms with van der Waals surface area (Å²) in [5.74, 6) is -3.61. The molecule has 0 saturated heterocycles. The second-order valence-electron chi connectivity index (χ2n) is 24.3. The smallest absolute Gasteiger partial charge is 0.550 e. The minimum atomic E-state index is -0.903. The number of carboxylic acid groups (broad SMARTS) is 4. The van der Waals surface area contributed by atoms with E-state index in [2.05, 4.69) is 27.7 Å². The quantitative estimate of drug-likeness (QED) is 0.0430. The van der Waals surface area contributed by atoms with Crippen molar-refractivity contribution >= 4 is 107 Å². The second-order valence-corrected chi connectivity index (χ2v) is 24.3. The van der Waals surface area contributed by atoms with Crippen LogP contribution in [0.1, 0.15) is 439 Å². The van der Waals surface area contributed by atoms with E-state index in [9.17, 15) is 39.6 Å². The predicted molar refractivity (Wildman–Crippen MR) is 350 cm³/mol. The third-order valence-electron chi connectivity index (χ3n) is 15.9. The van der Waals surface area contributed by atoms with E-state index in [0.29, 0.717) is 0 Å². The van der Waals surface area contributed by atoms with Crippen LogP contribution < -0.4 is 20.4 Å². The summed E-state index contributed by atoms with van der Waals surface area (Å²) >= 11 is 0. The van der Waals surface area contributed by atoms with E-state index < -0.39 is 23.9 Å². The normalized spacial score (nSPS) is 10.6. The maximum atomic E-state index is 10.2.